The van der Waals surface area contributed by atoms with Crippen molar-refractivity contribution in [1.82, 2.24) is 29.3 Å². The predicted octanol–water partition coefficient (Wildman–Crippen LogP) is 1.39. The van der Waals surface area contributed by atoms with Crippen molar-refractivity contribution in [1.29, 1.82) is 0 Å². The molecule has 3 atom stereocenters. The predicted molar refractivity (Wildman–Crippen MR) is 114 cm³/mol. The molecular formula is C21H27N7O3. The van der Waals surface area contributed by atoms with Crippen LogP contribution in [0.2, 0.25) is 0 Å². The monoisotopic (exact) mass is 425 g/mol. The number of carbonyl (C=O) groups is 2. The van der Waals surface area contributed by atoms with Gasteiger partial charge in [-0.3, -0.25) is 14.3 Å². The van der Waals surface area contributed by atoms with Crippen molar-refractivity contribution in [2.24, 2.45) is 7.05 Å². The van der Waals surface area contributed by atoms with Crippen LogP contribution in [0.1, 0.15) is 55.6 Å². The Hall–Kier alpha value is -3.27. The number of aliphatic hydroxyl groups excluding tert-OH is 1. The standard InChI is InChI=1S/C21H27N7O3/c1-11-5-14(6-12(2)27(11)17(31)10-29)19-18(13(3)30)20(22)28-21(25-19)16(8-24-28)15-7-23-26(4)9-15/h7-9,11-12,14,29H,5-6,10,22H2,1-4H3/t11-,12?,14?/m0/s1. The summed E-state index contributed by atoms with van der Waals surface area (Å²) in [5.74, 6) is -0.260. The Morgan fingerprint density at radius 3 is 2.42 bits per heavy atom. The summed E-state index contributed by atoms with van der Waals surface area (Å²) in [6.45, 7) is 4.86. The third-order valence-corrected chi connectivity index (χ3v) is 6.09. The molecule has 0 bridgehead atoms. The lowest BCUT2D eigenvalue weighted by atomic mass is 9.82. The number of nitrogens with two attached hydrogens (primary N) is 1. The van der Waals surface area contributed by atoms with Gasteiger partial charge >= 0.3 is 0 Å². The van der Waals surface area contributed by atoms with Crippen LogP contribution in [0, 0.1) is 0 Å². The molecule has 1 aliphatic rings. The summed E-state index contributed by atoms with van der Waals surface area (Å²) in [6.07, 6.45) is 6.52. The molecule has 164 valence electrons. The summed E-state index contributed by atoms with van der Waals surface area (Å²) < 4.78 is 3.20. The van der Waals surface area contributed by atoms with Gasteiger partial charge in [0, 0.05) is 42.4 Å². The number of ketones is 1. The number of fused-ring (bicyclic) bond motifs is 1. The molecule has 3 aromatic heterocycles. The van der Waals surface area contributed by atoms with Crippen molar-refractivity contribution in [3.05, 3.63) is 29.8 Å². The Morgan fingerprint density at radius 1 is 1.19 bits per heavy atom. The number of aromatic nitrogens is 5. The van der Waals surface area contributed by atoms with E-state index in [2.05, 4.69) is 10.2 Å². The maximum absolute atomic E-state index is 12.6. The molecule has 3 N–H and O–H groups in total. The number of Topliss-reactive ketones (excluding diaryl/α,β-unsaturated/α-hetero) is 1. The Labute approximate surface area is 179 Å². The van der Waals surface area contributed by atoms with Crippen LogP contribution < -0.4 is 5.73 Å². The maximum Gasteiger partial charge on any atom is 0.248 e. The number of piperidine rings is 1. The molecule has 0 saturated carbocycles. The molecule has 0 spiro atoms. The molecule has 1 amide bonds. The molecule has 10 nitrogen and oxygen atoms in total. The minimum Gasteiger partial charge on any atom is -0.387 e. The van der Waals surface area contributed by atoms with Crippen molar-refractivity contribution in [3.63, 3.8) is 0 Å². The Kier molecular flexibility index (Phi) is 5.26. The topological polar surface area (TPSA) is 132 Å². The van der Waals surface area contributed by atoms with Crippen LogP contribution in [-0.4, -0.2) is 64.8 Å². The number of aryl methyl sites for hydroxylation is 1. The highest BCUT2D eigenvalue weighted by Gasteiger charge is 2.37. The number of amides is 1. The first-order valence-corrected chi connectivity index (χ1v) is 10.3. The van der Waals surface area contributed by atoms with Crippen molar-refractivity contribution in [3.8, 4) is 11.1 Å². The van der Waals surface area contributed by atoms with Gasteiger partial charge in [-0.15, -0.1) is 0 Å². The molecular weight excluding hydrogens is 398 g/mol. The van der Waals surface area contributed by atoms with E-state index in [1.807, 2.05) is 27.1 Å². The molecule has 4 heterocycles. The maximum atomic E-state index is 12.6. The van der Waals surface area contributed by atoms with Crippen LogP contribution in [0.3, 0.4) is 0 Å². The van der Waals surface area contributed by atoms with Gasteiger partial charge < -0.3 is 15.7 Å². The van der Waals surface area contributed by atoms with Gasteiger partial charge in [0.15, 0.2) is 11.4 Å². The Balaban J connectivity index is 1.84. The average Bonchev–Trinajstić information content (AvgIpc) is 3.32. The van der Waals surface area contributed by atoms with E-state index in [0.29, 0.717) is 29.7 Å². The minimum atomic E-state index is -0.514. The molecule has 1 fully saturated rings. The zero-order valence-corrected chi connectivity index (χ0v) is 18.1. The van der Waals surface area contributed by atoms with Crippen LogP contribution >= 0.6 is 0 Å². The summed E-state index contributed by atoms with van der Waals surface area (Å²) in [7, 11) is 1.83. The third-order valence-electron chi connectivity index (χ3n) is 6.09. The van der Waals surface area contributed by atoms with Gasteiger partial charge in [0.05, 0.1) is 23.7 Å². The molecule has 1 saturated heterocycles. The SMILES string of the molecule is CC(=O)c1c(C2CC(C)N(C(=O)CO)[C@@H](C)C2)nc2c(-c3cnn(C)c3)cnn2c1N. The lowest BCUT2D eigenvalue weighted by Gasteiger charge is -2.42. The number of carbonyl (C=O) groups excluding carboxylic acids is 2. The number of hydrogen-bond donors (Lipinski definition) is 2. The largest absolute Gasteiger partial charge is 0.387 e. The molecule has 0 aliphatic carbocycles. The highest BCUT2D eigenvalue weighted by molar-refractivity contribution is 6.00. The van der Waals surface area contributed by atoms with Gasteiger partial charge in [-0.25, -0.2) is 4.98 Å². The molecule has 0 aromatic carbocycles. The Morgan fingerprint density at radius 2 is 1.87 bits per heavy atom. The van der Waals surface area contributed by atoms with Crippen LogP contribution in [0.5, 0.6) is 0 Å². The fraction of sp³-hybridized carbons (Fsp3) is 0.476. The van der Waals surface area contributed by atoms with E-state index < -0.39 is 6.61 Å². The van der Waals surface area contributed by atoms with Crippen molar-refractivity contribution in [2.75, 3.05) is 12.3 Å². The lowest BCUT2D eigenvalue weighted by Crippen LogP contribution is -2.50. The van der Waals surface area contributed by atoms with E-state index in [4.69, 9.17) is 10.7 Å². The average molecular weight is 425 g/mol. The summed E-state index contributed by atoms with van der Waals surface area (Å²) in [4.78, 5) is 31.3. The van der Waals surface area contributed by atoms with Gasteiger partial charge in [-0.2, -0.15) is 14.7 Å². The van der Waals surface area contributed by atoms with Crippen molar-refractivity contribution < 1.29 is 14.7 Å². The van der Waals surface area contributed by atoms with Gasteiger partial charge in [0.2, 0.25) is 5.91 Å². The van der Waals surface area contributed by atoms with Gasteiger partial charge in [0.25, 0.3) is 0 Å². The number of aliphatic hydroxyl groups is 1. The fourth-order valence-electron chi connectivity index (χ4n) is 4.83. The normalized spacial score (nSPS) is 21.6. The molecule has 0 radical (unpaired) electrons. The zero-order chi connectivity index (χ0) is 22.4. The van der Waals surface area contributed by atoms with E-state index in [1.165, 1.54) is 11.4 Å². The number of nitrogen functional groups attached to an aromatic ring is 1. The van der Waals surface area contributed by atoms with Crippen LogP contribution in [-0.2, 0) is 11.8 Å². The van der Waals surface area contributed by atoms with E-state index in [-0.39, 0.29) is 35.5 Å². The summed E-state index contributed by atoms with van der Waals surface area (Å²) >= 11 is 0. The van der Waals surface area contributed by atoms with E-state index in [9.17, 15) is 14.7 Å². The van der Waals surface area contributed by atoms with Gasteiger partial charge in [0.1, 0.15) is 12.4 Å². The first-order valence-electron chi connectivity index (χ1n) is 10.3. The van der Waals surface area contributed by atoms with Gasteiger partial charge in [-0.05, 0) is 33.6 Å². The summed E-state index contributed by atoms with van der Waals surface area (Å²) in [6, 6.07) is -0.203. The molecule has 4 rings (SSSR count). The highest BCUT2D eigenvalue weighted by Crippen LogP contribution is 2.38. The highest BCUT2D eigenvalue weighted by atomic mass is 16.3. The second-order valence-electron chi connectivity index (χ2n) is 8.34. The Bertz CT molecular complexity index is 1150. The van der Waals surface area contributed by atoms with Crippen molar-refractivity contribution >= 4 is 23.2 Å². The van der Waals surface area contributed by atoms with E-state index in [0.717, 1.165) is 11.1 Å². The molecule has 3 aromatic rings. The smallest absolute Gasteiger partial charge is 0.248 e. The first kappa shape index (κ1) is 21.0. The second-order valence-corrected chi connectivity index (χ2v) is 8.34. The first-order chi connectivity index (χ1) is 14.7. The molecule has 1 aliphatic heterocycles. The second kappa shape index (κ2) is 7.77. The van der Waals surface area contributed by atoms with Crippen molar-refractivity contribution in [2.45, 2.75) is 51.6 Å². The van der Waals surface area contributed by atoms with Crippen LogP contribution in [0.15, 0.2) is 18.6 Å². The van der Waals surface area contributed by atoms with Gasteiger partial charge in [-0.1, -0.05) is 0 Å². The van der Waals surface area contributed by atoms with E-state index >= 15 is 0 Å². The number of hydrogen-bond acceptors (Lipinski definition) is 7. The molecule has 2 unspecified atom stereocenters. The number of rotatable bonds is 4. The molecule has 10 heteroatoms. The zero-order valence-electron chi connectivity index (χ0n) is 18.1. The number of anilines is 1. The summed E-state index contributed by atoms with van der Waals surface area (Å²) in [5.41, 5.74) is 9.63. The lowest BCUT2D eigenvalue weighted by molar-refractivity contribution is -0.140. The summed E-state index contributed by atoms with van der Waals surface area (Å²) in [5, 5.41) is 17.9. The van der Waals surface area contributed by atoms with Crippen LogP contribution in [0.25, 0.3) is 16.8 Å². The fourth-order valence-corrected chi connectivity index (χ4v) is 4.83. The number of likely N-dealkylation sites (tertiary alicyclic amines) is 1. The van der Waals surface area contributed by atoms with E-state index in [1.54, 1.807) is 22.0 Å². The minimum absolute atomic E-state index is 0.0596. The molecule has 31 heavy (non-hydrogen) atoms. The van der Waals surface area contributed by atoms with Crippen LogP contribution in [0.4, 0.5) is 5.82 Å². The third kappa shape index (κ3) is 3.46. The number of nitrogens with zero attached hydrogens (tertiary/aromatic N) is 6. The quantitative estimate of drug-likeness (QED) is 0.604.